The van der Waals surface area contributed by atoms with Crippen molar-refractivity contribution < 1.29 is 4.79 Å². The first-order chi connectivity index (χ1) is 13.6. The van der Waals surface area contributed by atoms with Crippen LogP contribution in [0.2, 0.25) is 0 Å². The number of imidazole rings is 1. The molecule has 3 N–H and O–H groups in total. The van der Waals surface area contributed by atoms with Crippen molar-refractivity contribution in [3.05, 3.63) is 83.1 Å². The van der Waals surface area contributed by atoms with Gasteiger partial charge < -0.3 is 15.6 Å². The van der Waals surface area contributed by atoms with E-state index in [0.717, 1.165) is 17.0 Å². The maximum atomic E-state index is 13.0. The summed E-state index contributed by atoms with van der Waals surface area (Å²) in [6.07, 6.45) is 1.58. The van der Waals surface area contributed by atoms with Gasteiger partial charge in [-0.25, -0.2) is 4.98 Å². The molecule has 0 spiro atoms. The van der Waals surface area contributed by atoms with Crippen LogP contribution in [0.4, 0.5) is 5.13 Å². The second-order valence-electron chi connectivity index (χ2n) is 6.19. The molecule has 1 amide bonds. The number of benzene rings is 2. The topological polar surface area (TPSA) is 98.7 Å². The van der Waals surface area contributed by atoms with E-state index in [2.05, 4.69) is 20.5 Å². The molecule has 0 aliphatic heterocycles. The lowest BCUT2D eigenvalue weighted by Gasteiger charge is -2.17. The molecule has 8 heteroatoms. The SMILES string of the molecule is Cn1c(C(=O)NC(c2ccccc2)c2nnc(N)s2)cnc1-c1ccccc1. The van der Waals surface area contributed by atoms with E-state index in [4.69, 9.17) is 5.73 Å². The molecule has 4 rings (SSSR count). The van der Waals surface area contributed by atoms with Gasteiger partial charge in [-0.05, 0) is 5.56 Å². The molecular weight excluding hydrogens is 372 g/mol. The van der Waals surface area contributed by atoms with Gasteiger partial charge in [0.15, 0.2) is 0 Å². The van der Waals surface area contributed by atoms with Gasteiger partial charge in [-0.1, -0.05) is 72.0 Å². The molecule has 0 fully saturated rings. The summed E-state index contributed by atoms with van der Waals surface area (Å²) in [4.78, 5) is 17.4. The number of nitrogens with two attached hydrogens (primary N) is 1. The Hall–Kier alpha value is -3.52. The van der Waals surface area contributed by atoms with Crippen LogP contribution in [0.25, 0.3) is 11.4 Å². The van der Waals surface area contributed by atoms with Crippen molar-refractivity contribution in [2.24, 2.45) is 7.05 Å². The Morgan fingerprint density at radius 3 is 2.39 bits per heavy atom. The number of nitrogens with zero attached hydrogens (tertiary/aromatic N) is 4. The van der Waals surface area contributed by atoms with E-state index in [9.17, 15) is 4.79 Å². The third kappa shape index (κ3) is 3.49. The van der Waals surface area contributed by atoms with Gasteiger partial charge >= 0.3 is 0 Å². The van der Waals surface area contributed by atoms with E-state index in [1.807, 2.05) is 67.7 Å². The van der Waals surface area contributed by atoms with E-state index in [-0.39, 0.29) is 5.91 Å². The Labute approximate surface area is 165 Å². The van der Waals surface area contributed by atoms with Crippen LogP contribution in [0.5, 0.6) is 0 Å². The second-order valence-corrected chi connectivity index (χ2v) is 7.23. The monoisotopic (exact) mass is 390 g/mol. The number of carbonyl (C=O) groups excluding carboxylic acids is 1. The molecular formula is C20H18N6OS. The lowest BCUT2D eigenvalue weighted by Crippen LogP contribution is -2.30. The van der Waals surface area contributed by atoms with Crippen LogP contribution in [0.3, 0.4) is 0 Å². The van der Waals surface area contributed by atoms with E-state index in [1.165, 1.54) is 11.3 Å². The fourth-order valence-corrected chi connectivity index (χ4v) is 3.67. The van der Waals surface area contributed by atoms with Gasteiger partial charge in [-0.3, -0.25) is 4.79 Å². The van der Waals surface area contributed by atoms with Crippen LogP contribution in [-0.2, 0) is 7.05 Å². The number of hydrogen-bond acceptors (Lipinski definition) is 6. The fraction of sp³-hybridized carbons (Fsp3) is 0.100. The maximum absolute atomic E-state index is 13.0. The van der Waals surface area contributed by atoms with Gasteiger partial charge in [0.25, 0.3) is 5.91 Å². The highest BCUT2D eigenvalue weighted by molar-refractivity contribution is 7.15. The molecule has 4 aromatic rings. The average molecular weight is 390 g/mol. The predicted molar refractivity (Wildman–Crippen MR) is 109 cm³/mol. The normalized spacial score (nSPS) is 11.9. The number of hydrogen-bond donors (Lipinski definition) is 2. The largest absolute Gasteiger partial charge is 0.374 e. The van der Waals surface area contributed by atoms with Gasteiger partial charge in [0, 0.05) is 12.6 Å². The number of nitrogens with one attached hydrogen (secondary N) is 1. The third-order valence-corrected chi connectivity index (χ3v) is 5.18. The molecule has 0 saturated heterocycles. The highest BCUT2D eigenvalue weighted by Gasteiger charge is 2.23. The van der Waals surface area contributed by atoms with Crippen molar-refractivity contribution in [2.75, 3.05) is 5.73 Å². The summed E-state index contributed by atoms with van der Waals surface area (Å²) in [5.74, 6) is 0.474. The second kappa shape index (κ2) is 7.61. The van der Waals surface area contributed by atoms with Crippen LogP contribution in [0, 0.1) is 0 Å². The Morgan fingerprint density at radius 1 is 1.07 bits per heavy atom. The molecule has 28 heavy (non-hydrogen) atoms. The molecule has 0 saturated carbocycles. The van der Waals surface area contributed by atoms with Gasteiger partial charge in [0.1, 0.15) is 22.6 Å². The zero-order valence-corrected chi connectivity index (χ0v) is 15.9. The van der Waals surface area contributed by atoms with E-state index < -0.39 is 6.04 Å². The zero-order chi connectivity index (χ0) is 19.5. The highest BCUT2D eigenvalue weighted by atomic mass is 32.1. The van der Waals surface area contributed by atoms with Crippen LogP contribution >= 0.6 is 11.3 Å². The smallest absolute Gasteiger partial charge is 0.270 e. The average Bonchev–Trinajstić information content (AvgIpc) is 3.33. The standard InChI is InChI=1S/C20H18N6OS/c1-26-15(12-22-17(26)14-10-6-3-7-11-14)18(27)23-16(13-8-4-2-5-9-13)19-24-25-20(21)28-19/h2-12,16H,1H3,(H2,21,25)(H,23,27). The minimum atomic E-state index is -0.446. The first-order valence-corrected chi connectivity index (χ1v) is 9.47. The fourth-order valence-electron chi connectivity index (χ4n) is 2.98. The minimum absolute atomic E-state index is 0.250. The first kappa shape index (κ1) is 17.9. The van der Waals surface area contributed by atoms with Crippen LogP contribution < -0.4 is 11.1 Å². The Kier molecular flexibility index (Phi) is 4.86. The molecule has 0 bridgehead atoms. The molecule has 0 aliphatic carbocycles. The molecule has 0 aliphatic rings. The summed E-state index contributed by atoms with van der Waals surface area (Å²) < 4.78 is 1.78. The van der Waals surface area contributed by atoms with Crippen molar-refractivity contribution >= 4 is 22.4 Å². The predicted octanol–water partition coefficient (Wildman–Crippen LogP) is 3.04. The van der Waals surface area contributed by atoms with E-state index in [1.54, 1.807) is 10.8 Å². The highest BCUT2D eigenvalue weighted by Crippen LogP contribution is 2.26. The Morgan fingerprint density at radius 2 is 1.75 bits per heavy atom. The van der Waals surface area contributed by atoms with E-state index >= 15 is 0 Å². The molecule has 7 nitrogen and oxygen atoms in total. The van der Waals surface area contributed by atoms with Crippen LogP contribution in [0.1, 0.15) is 27.1 Å². The summed E-state index contributed by atoms with van der Waals surface area (Å²) in [5.41, 5.74) is 8.05. The molecule has 2 heterocycles. The van der Waals surface area contributed by atoms with Crippen molar-refractivity contribution in [1.82, 2.24) is 25.1 Å². The number of carbonyl (C=O) groups is 1. The molecule has 0 radical (unpaired) electrons. The van der Waals surface area contributed by atoms with Gasteiger partial charge in [0.2, 0.25) is 5.13 Å². The molecule has 2 aromatic heterocycles. The molecule has 1 atom stereocenters. The summed E-state index contributed by atoms with van der Waals surface area (Å²) in [5, 5.41) is 12.0. The Bertz CT molecular complexity index is 1090. The van der Waals surface area contributed by atoms with Gasteiger partial charge in [-0.2, -0.15) is 0 Å². The van der Waals surface area contributed by atoms with Crippen molar-refractivity contribution in [1.29, 1.82) is 0 Å². The summed E-state index contributed by atoms with van der Waals surface area (Å²) in [7, 11) is 1.82. The molecule has 1 unspecified atom stereocenters. The molecule has 2 aromatic carbocycles. The summed E-state index contributed by atoms with van der Waals surface area (Å²) >= 11 is 1.25. The first-order valence-electron chi connectivity index (χ1n) is 8.65. The van der Waals surface area contributed by atoms with Gasteiger partial charge in [-0.15, -0.1) is 10.2 Å². The lowest BCUT2D eigenvalue weighted by atomic mass is 10.1. The number of anilines is 1. The quantitative estimate of drug-likeness (QED) is 0.546. The van der Waals surface area contributed by atoms with Crippen molar-refractivity contribution in [3.8, 4) is 11.4 Å². The van der Waals surface area contributed by atoms with Crippen LogP contribution in [0.15, 0.2) is 66.9 Å². The van der Waals surface area contributed by atoms with Crippen molar-refractivity contribution in [2.45, 2.75) is 6.04 Å². The minimum Gasteiger partial charge on any atom is -0.374 e. The lowest BCUT2D eigenvalue weighted by molar-refractivity contribution is 0.0934. The summed E-state index contributed by atoms with van der Waals surface area (Å²) in [6, 6.07) is 18.9. The third-order valence-electron chi connectivity index (χ3n) is 4.36. The number of aromatic nitrogens is 4. The maximum Gasteiger partial charge on any atom is 0.270 e. The Balaban J connectivity index is 1.65. The molecule has 140 valence electrons. The van der Waals surface area contributed by atoms with Crippen molar-refractivity contribution in [3.63, 3.8) is 0 Å². The number of rotatable bonds is 5. The zero-order valence-electron chi connectivity index (χ0n) is 15.1. The number of nitrogen functional groups attached to an aromatic ring is 1. The van der Waals surface area contributed by atoms with Gasteiger partial charge in [0.05, 0.1) is 6.20 Å². The summed E-state index contributed by atoms with van der Waals surface area (Å²) in [6.45, 7) is 0. The number of amides is 1. The van der Waals surface area contributed by atoms with E-state index in [0.29, 0.717) is 15.8 Å². The van der Waals surface area contributed by atoms with Crippen LogP contribution in [-0.4, -0.2) is 25.7 Å².